The first kappa shape index (κ1) is 42.4. The smallest absolute Gasteiger partial charge is 0.216 e. The van der Waals surface area contributed by atoms with Crippen molar-refractivity contribution in [1.82, 2.24) is 55.2 Å². The van der Waals surface area contributed by atoms with Gasteiger partial charge in [0.05, 0.1) is 48.4 Å². The van der Waals surface area contributed by atoms with Gasteiger partial charge in [0, 0.05) is 135 Å². The van der Waals surface area contributed by atoms with E-state index in [2.05, 4.69) is 68.8 Å². The number of pyridine rings is 2. The van der Waals surface area contributed by atoms with Crippen LogP contribution in [0.4, 0.5) is 26.1 Å². The number of nitrogens with one attached hydrogen (secondary N) is 1. The number of aromatic nitrogens is 10. The van der Waals surface area contributed by atoms with E-state index in [-0.39, 0.29) is 34.9 Å². The lowest BCUT2D eigenvalue weighted by Crippen LogP contribution is -2.41. The highest BCUT2D eigenvalue weighted by atomic mass is 19.1. The third-order valence-electron chi connectivity index (χ3n) is 14.3. The fourth-order valence-electron chi connectivity index (χ4n) is 10.6. The summed E-state index contributed by atoms with van der Waals surface area (Å²) in [6, 6.07) is 10.2. The Labute approximate surface area is 381 Å². The van der Waals surface area contributed by atoms with Crippen LogP contribution in [0.5, 0.6) is 0 Å². The van der Waals surface area contributed by atoms with Gasteiger partial charge >= 0.3 is 0 Å². The van der Waals surface area contributed by atoms with Gasteiger partial charge in [0.2, 0.25) is 5.95 Å². The highest BCUT2D eigenvalue weighted by molar-refractivity contribution is 5.58. The molecule has 0 radical (unpaired) electrons. The van der Waals surface area contributed by atoms with E-state index in [0.29, 0.717) is 48.0 Å². The van der Waals surface area contributed by atoms with Gasteiger partial charge in [-0.3, -0.25) is 0 Å². The molecule has 6 aromatic heterocycles. The standard InChI is InChI=1S/2C24H26FN7O/c1-16-18-13-28-23(22-26-6-2-7-27-22)29-19(18)3-8-32(16)21-12-17(11-20(25)30-21)31-9-4-24(14-31)5-10-33-15-24;1-15-17-13-28-23(22-26-7-2-8-27-22)30-18(17)4-9-32(15)21-12-16(25)11-20(29-21)19-3-5-24(31-19)6-10-33-14-24/h2,6-7,11-13,16H,3-5,8-10,14-15H2,1H3;2,7-8,11-13,15,19,31H,3-6,9-10,14H2,1H3. The molecule has 6 aromatic rings. The second kappa shape index (κ2) is 17.5. The predicted molar refractivity (Wildman–Crippen MR) is 241 cm³/mol. The lowest BCUT2D eigenvalue weighted by atomic mass is 9.87. The monoisotopic (exact) mass is 894 g/mol. The topological polar surface area (TPSA) is 169 Å². The number of hydrogen-bond donors (Lipinski definition) is 1. The highest BCUT2D eigenvalue weighted by Gasteiger charge is 2.43. The van der Waals surface area contributed by atoms with Gasteiger partial charge in [-0.2, -0.15) is 4.39 Å². The number of fused-ring (bicyclic) bond motifs is 2. The van der Waals surface area contributed by atoms with Crippen LogP contribution in [0, 0.1) is 17.2 Å². The minimum atomic E-state index is -0.447. The van der Waals surface area contributed by atoms with Gasteiger partial charge in [-0.1, -0.05) is 0 Å². The molecule has 0 saturated carbocycles. The van der Waals surface area contributed by atoms with Crippen LogP contribution in [-0.4, -0.2) is 108 Å². The Balaban J connectivity index is 0.000000146. The van der Waals surface area contributed by atoms with Crippen LogP contribution in [0.15, 0.2) is 73.6 Å². The summed E-state index contributed by atoms with van der Waals surface area (Å²) in [7, 11) is 0. The third kappa shape index (κ3) is 8.30. The van der Waals surface area contributed by atoms with Crippen molar-refractivity contribution in [3.63, 3.8) is 0 Å². The molecule has 16 nitrogen and oxygen atoms in total. The fourth-order valence-corrected chi connectivity index (χ4v) is 10.6. The molecule has 4 fully saturated rings. The van der Waals surface area contributed by atoms with Crippen LogP contribution in [0.3, 0.4) is 0 Å². The third-order valence-corrected chi connectivity index (χ3v) is 14.3. The number of rotatable bonds is 6. The Morgan fingerprint density at radius 1 is 0.636 bits per heavy atom. The summed E-state index contributed by atoms with van der Waals surface area (Å²) < 4.78 is 40.6. The Morgan fingerprint density at radius 3 is 1.86 bits per heavy atom. The number of anilines is 3. The molecule has 5 atom stereocenters. The van der Waals surface area contributed by atoms with E-state index in [0.717, 1.165) is 118 Å². The van der Waals surface area contributed by atoms with Crippen LogP contribution in [0.25, 0.3) is 23.3 Å². The van der Waals surface area contributed by atoms with Gasteiger partial charge in [-0.25, -0.2) is 54.2 Å². The minimum absolute atomic E-state index is 0.0187. The van der Waals surface area contributed by atoms with Gasteiger partial charge < -0.3 is 29.5 Å². The normalized spacial score (nSPS) is 25.6. The van der Waals surface area contributed by atoms with Gasteiger partial charge in [0.15, 0.2) is 23.3 Å². The SMILES string of the molecule is CC1c2cnc(-c3ncccn3)nc2CCN1c1cc(F)cc(C2CCC3(CCOC3)N2)n1.CC1c2cnc(-c3ncccn3)nc2CCN1c1cc(N2CCC3(CCOC3)C2)cc(F)n1. The quantitative estimate of drug-likeness (QED) is 0.183. The molecule has 2 spiro atoms. The molecule has 6 aliphatic rings. The zero-order chi connectivity index (χ0) is 44.8. The van der Waals surface area contributed by atoms with E-state index in [9.17, 15) is 8.78 Å². The number of hydrogen-bond acceptors (Lipinski definition) is 16. The molecule has 12 rings (SSSR count). The number of nitrogens with zero attached hydrogens (tertiary/aromatic N) is 13. The van der Waals surface area contributed by atoms with E-state index < -0.39 is 5.95 Å². The highest BCUT2D eigenvalue weighted by Crippen LogP contribution is 2.42. The average molecular weight is 895 g/mol. The molecule has 0 amide bonds. The molecule has 6 aliphatic heterocycles. The van der Waals surface area contributed by atoms with E-state index >= 15 is 0 Å². The van der Waals surface area contributed by atoms with Crippen LogP contribution in [0.1, 0.15) is 92.3 Å². The molecule has 0 aliphatic carbocycles. The first-order valence-electron chi connectivity index (χ1n) is 23.0. The van der Waals surface area contributed by atoms with E-state index in [4.69, 9.17) is 24.4 Å². The molecule has 1 N–H and O–H groups in total. The number of halogens is 2. The van der Waals surface area contributed by atoms with E-state index in [1.807, 2.05) is 18.5 Å². The molecular weight excluding hydrogens is 843 g/mol. The van der Waals surface area contributed by atoms with Crippen molar-refractivity contribution in [3.05, 3.63) is 114 Å². The maximum Gasteiger partial charge on any atom is 0.216 e. The second-order valence-corrected chi connectivity index (χ2v) is 18.4. The summed E-state index contributed by atoms with van der Waals surface area (Å²) >= 11 is 0. The zero-order valence-corrected chi connectivity index (χ0v) is 37.2. The maximum absolute atomic E-state index is 14.7. The molecule has 4 saturated heterocycles. The summed E-state index contributed by atoms with van der Waals surface area (Å²) in [5.41, 5.74) is 5.91. The van der Waals surface area contributed by atoms with Crippen molar-refractivity contribution in [2.45, 2.75) is 82.5 Å². The Morgan fingerprint density at radius 2 is 1.26 bits per heavy atom. The Bertz CT molecular complexity index is 2520. The Hall–Kier alpha value is -6.24. The first-order chi connectivity index (χ1) is 32.2. The second-order valence-electron chi connectivity index (χ2n) is 18.4. The van der Waals surface area contributed by atoms with Crippen LogP contribution in [0.2, 0.25) is 0 Å². The molecule has 66 heavy (non-hydrogen) atoms. The summed E-state index contributed by atoms with van der Waals surface area (Å²) in [4.78, 5) is 51.2. The lowest BCUT2D eigenvalue weighted by molar-refractivity contribution is 0.160. The van der Waals surface area contributed by atoms with Crippen molar-refractivity contribution in [2.75, 3.05) is 67.3 Å². The molecular formula is C48H52F2N14O2. The van der Waals surface area contributed by atoms with E-state index in [1.165, 1.54) is 6.07 Å². The fraction of sp³-hybridized carbons (Fsp3) is 0.458. The predicted octanol–water partition coefficient (Wildman–Crippen LogP) is 6.38. The van der Waals surface area contributed by atoms with Crippen LogP contribution in [-0.2, 0) is 22.3 Å². The minimum Gasteiger partial charge on any atom is -0.381 e. The van der Waals surface area contributed by atoms with Gasteiger partial charge in [-0.05, 0) is 64.2 Å². The summed E-state index contributed by atoms with van der Waals surface area (Å²) in [6.07, 6.45) is 17.0. The molecule has 340 valence electrons. The van der Waals surface area contributed by atoms with Crippen LogP contribution < -0.4 is 20.0 Å². The van der Waals surface area contributed by atoms with Crippen LogP contribution >= 0.6 is 0 Å². The zero-order valence-electron chi connectivity index (χ0n) is 37.2. The first-order valence-corrected chi connectivity index (χ1v) is 23.0. The number of ether oxygens (including phenoxy) is 2. The van der Waals surface area contributed by atoms with Crippen molar-refractivity contribution in [1.29, 1.82) is 0 Å². The van der Waals surface area contributed by atoms with Crippen molar-refractivity contribution >= 4 is 17.3 Å². The molecule has 18 heteroatoms. The van der Waals surface area contributed by atoms with Gasteiger partial charge in [-0.15, -0.1) is 0 Å². The molecule has 0 aromatic carbocycles. The van der Waals surface area contributed by atoms with Crippen molar-refractivity contribution in [3.8, 4) is 23.3 Å². The van der Waals surface area contributed by atoms with E-state index in [1.54, 1.807) is 49.1 Å². The summed E-state index contributed by atoms with van der Waals surface area (Å²) in [5, 5.41) is 3.68. The summed E-state index contributed by atoms with van der Waals surface area (Å²) in [5.74, 6) is 2.69. The lowest BCUT2D eigenvalue weighted by Gasteiger charge is -2.36. The average Bonchev–Trinajstić information content (AvgIpc) is 4.20. The largest absolute Gasteiger partial charge is 0.381 e. The summed E-state index contributed by atoms with van der Waals surface area (Å²) in [6.45, 7) is 10.6. The van der Waals surface area contributed by atoms with Gasteiger partial charge in [0.1, 0.15) is 17.5 Å². The Kier molecular flexibility index (Phi) is 11.3. The maximum atomic E-state index is 14.7. The van der Waals surface area contributed by atoms with Gasteiger partial charge in [0.25, 0.3) is 0 Å². The van der Waals surface area contributed by atoms with Crippen molar-refractivity contribution < 1.29 is 18.3 Å². The molecule has 0 bridgehead atoms. The van der Waals surface area contributed by atoms with Crippen molar-refractivity contribution in [2.24, 2.45) is 5.41 Å². The molecule has 12 heterocycles. The molecule has 5 unspecified atom stereocenters.